The Morgan fingerprint density at radius 2 is 2.15 bits per heavy atom. The third-order valence-corrected chi connectivity index (χ3v) is 5.06. The fourth-order valence-corrected chi connectivity index (χ4v) is 3.63. The minimum absolute atomic E-state index is 0.140. The van der Waals surface area contributed by atoms with Gasteiger partial charge in [-0.2, -0.15) is 10.1 Å². The lowest BCUT2D eigenvalue weighted by Crippen LogP contribution is -2.33. The normalized spacial score (nSPS) is 14.2. The number of nitrogens with one attached hydrogen (secondary N) is 2. The number of nitrogens with zero attached hydrogens (tertiary/aromatic N) is 4. The molecule has 2 N–H and O–H groups in total. The fourth-order valence-electron chi connectivity index (χ4n) is 2.43. The molecule has 1 aromatic carbocycles. The SMILES string of the molecule is O=C1CCC(C(=O)Nc2nc3scc(-c4cc(Cl)ccc4Cl)n3n2)=NN1. The molecule has 26 heavy (non-hydrogen) atoms. The van der Waals surface area contributed by atoms with E-state index in [9.17, 15) is 9.59 Å². The van der Waals surface area contributed by atoms with Gasteiger partial charge in [-0.3, -0.25) is 14.9 Å². The average molecular weight is 409 g/mol. The molecule has 0 spiro atoms. The summed E-state index contributed by atoms with van der Waals surface area (Å²) in [6.45, 7) is 0. The van der Waals surface area contributed by atoms with Crippen LogP contribution in [0.2, 0.25) is 10.0 Å². The van der Waals surface area contributed by atoms with Gasteiger partial charge in [0.1, 0.15) is 5.71 Å². The number of hydrazone groups is 1. The second-order valence-electron chi connectivity index (χ2n) is 5.42. The van der Waals surface area contributed by atoms with Crippen LogP contribution < -0.4 is 10.7 Å². The van der Waals surface area contributed by atoms with Crippen LogP contribution in [-0.2, 0) is 9.59 Å². The third kappa shape index (κ3) is 3.16. The summed E-state index contributed by atoms with van der Waals surface area (Å²) >= 11 is 13.7. The summed E-state index contributed by atoms with van der Waals surface area (Å²) in [6, 6.07) is 5.15. The predicted octanol–water partition coefficient (Wildman–Crippen LogP) is 2.97. The van der Waals surface area contributed by atoms with E-state index in [2.05, 4.69) is 25.9 Å². The largest absolute Gasteiger partial charge is 0.288 e. The molecule has 0 unspecified atom stereocenters. The van der Waals surface area contributed by atoms with Crippen molar-refractivity contribution in [2.75, 3.05) is 5.32 Å². The van der Waals surface area contributed by atoms with Gasteiger partial charge in [-0.1, -0.05) is 23.2 Å². The van der Waals surface area contributed by atoms with Crippen molar-refractivity contribution in [1.29, 1.82) is 0 Å². The lowest BCUT2D eigenvalue weighted by molar-refractivity contribution is -0.121. The van der Waals surface area contributed by atoms with E-state index >= 15 is 0 Å². The van der Waals surface area contributed by atoms with Crippen LogP contribution in [0.5, 0.6) is 0 Å². The maximum absolute atomic E-state index is 12.2. The van der Waals surface area contributed by atoms with Gasteiger partial charge in [-0.05, 0) is 18.2 Å². The quantitative estimate of drug-likeness (QED) is 0.695. The van der Waals surface area contributed by atoms with Crippen molar-refractivity contribution in [2.45, 2.75) is 12.8 Å². The highest BCUT2D eigenvalue weighted by atomic mass is 35.5. The molecule has 0 atom stereocenters. The van der Waals surface area contributed by atoms with Crippen LogP contribution in [0, 0.1) is 0 Å². The van der Waals surface area contributed by atoms with Crippen molar-refractivity contribution in [3.05, 3.63) is 33.6 Å². The monoisotopic (exact) mass is 408 g/mol. The molecular formula is C15H10Cl2N6O2S. The van der Waals surface area contributed by atoms with E-state index in [1.165, 1.54) is 11.3 Å². The summed E-state index contributed by atoms with van der Waals surface area (Å²) < 4.78 is 1.59. The van der Waals surface area contributed by atoms with Crippen LogP contribution in [0.3, 0.4) is 0 Å². The fraction of sp³-hybridized carbons (Fsp3) is 0.133. The smallest absolute Gasteiger partial charge is 0.274 e. The van der Waals surface area contributed by atoms with E-state index in [-0.39, 0.29) is 30.4 Å². The first-order chi connectivity index (χ1) is 12.5. The summed E-state index contributed by atoms with van der Waals surface area (Å²) in [7, 11) is 0. The number of amides is 2. The molecule has 0 saturated heterocycles. The van der Waals surface area contributed by atoms with Gasteiger partial charge >= 0.3 is 0 Å². The Hall–Kier alpha value is -2.49. The van der Waals surface area contributed by atoms with Crippen molar-refractivity contribution in [3.63, 3.8) is 0 Å². The molecule has 0 bridgehead atoms. The summed E-state index contributed by atoms with van der Waals surface area (Å²) in [5.41, 5.74) is 3.93. The topological polar surface area (TPSA) is 101 Å². The van der Waals surface area contributed by atoms with E-state index < -0.39 is 5.91 Å². The van der Waals surface area contributed by atoms with E-state index in [0.29, 0.717) is 26.3 Å². The standard InChI is InChI=1S/C15H10Cl2N6O2S/c16-7-1-2-9(17)8(5-7)11-6-26-15-19-14(22-23(11)15)18-13(25)10-3-4-12(24)21-20-10/h1-2,5-6H,3-4H2,(H,21,24)(H,18,22,25). The zero-order chi connectivity index (χ0) is 18.3. The second-order valence-corrected chi connectivity index (χ2v) is 7.10. The molecule has 0 radical (unpaired) electrons. The van der Waals surface area contributed by atoms with Gasteiger partial charge in [0.15, 0.2) is 0 Å². The van der Waals surface area contributed by atoms with Crippen LogP contribution in [0.4, 0.5) is 5.95 Å². The van der Waals surface area contributed by atoms with Crippen molar-refractivity contribution in [3.8, 4) is 11.3 Å². The Kier molecular flexibility index (Phi) is 4.35. The number of halogens is 2. The zero-order valence-electron chi connectivity index (χ0n) is 13.0. The molecule has 4 rings (SSSR count). The number of fused-ring (bicyclic) bond motifs is 1. The van der Waals surface area contributed by atoms with Gasteiger partial charge in [0.05, 0.1) is 10.7 Å². The highest BCUT2D eigenvalue weighted by Gasteiger charge is 2.21. The molecule has 11 heteroatoms. The Morgan fingerprint density at radius 1 is 1.31 bits per heavy atom. The first-order valence-corrected chi connectivity index (χ1v) is 9.11. The molecule has 2 aromatic heterocycles. The molecule has 0 saturated carbocycles. The third-order valence-electron chi connectivity index (χ3n) is 3.68. The van der Waals surface area contributed by atoms with E-state index in [4.69, 9.17) is 23.2 Å². The molecule has 8 nitrogen and oxygen atoms in total. The van der Waals surface area contributed by atoms with E-state index in [1.807, 2.05) is 5.38 Å². The minimum atomic E-state index is -0.453. The number of aromatic nitrogens is 3. The lowest BCUT2D eigenvalue weighted by atomic mass is 10.2. The molecule has 1 aliphatic rings. The maximum atomic E-state index is 12.2. The molecule has 3 aromatic rings. The number of hydrogen-bond acceptors (Lipinski definition) is 6. The Balaban J connectivity index is 1.63. The highest BCUT2D eigenvalue weighted by molar-refractivity contribution is 7.15. The van der Waals surface area contributed by atoms with Gasteiger partial charge < -0.3 is 0 Å². The first-order valence-electron chi connectivity index (χ1n) is 7.48. The number of carbonyl (C=O) groups is 2. The summed E-state index contributed by atoms with van der Waals surface area (Å²) in [6.07, 6.45) is 0.485. The van der Waals surface area contributed by atoms with Crippen LogP contribution in [0.15, 0.2) is 28.7 Å². The number of anilines is 1. The molecule has 0 fully saturated rings. The van der Waals surface area contributed by atoms with Gasteiger partial charge in [-0.25, -0.2) is 9.94 Å². The average Bonchev–Trinajstić information content (AvgIpc) is 3.17. The zero-order valence-corrected chi connectivity index (χ0v) is 15.3. The second kappa shape index (κ2) is 6.67. The number of carbonyl (C=O) groups excluding carboxylic acids is 2. The van der Waals surface area contributed by atoms with Crippen molar-refractivity contribution in [2.24, 2.45) is 5.10 Å². The van der Waals surface area contributed by atoms with Gasteiger partial charge in [0, 0.05) is 28.8 Å². The molecule has 0 aliphatic carbocycles. The van der Waals surface area contributed by atoms with Crippen LogP contribution in [0.1, 0.15) is 12.8 Å². The predicted molar refractivity (Wildman–Crippen MR) is 99.8 cm³/mol. The van der Waals surface area contributed by atoms with Crippen LogP contribution in [0.25, 0.3) is 16.2 Å². The van der Waals surface area contributed by atoms with Crippen molar-refractivity contribution in [1.82, 2.24) is 20.0 Å². The Labute approximate surface area is 160 Å². The summed E-state index contributed by atoms with van der Waals surface area (Å²) in [5.74, 6) is -0.531. The Bertz CT molecular complexity index is 1070. The number of rotatable bonds is 3. The maximum Gasteiger partial charge on any atom is 0.274 e. The van der Waals surface area contributed by atoms with Crippen LogP contribution in [-0.4, -0.2) is 32.1 Å². The van der Waals surface area contributed by atoms with E-state index in [1.54, 1.807) is 22.7 Å². The van der Waals surface area contributed by atoms with E-state index in [0.717, 1.165) is 0 Å². The van der Waals surface area contributed by atoms with Gasteiger partial charge in [0.2, 0.25) is 10.9 Å². The highest BCUT2D eigenvalue weighted by Crippen LogP contribution is 2.33. The first kappa shape index (κ1) is 17.0. The van der Waals surface area contributed by atoms with Gasteiger partial charge in [-0.15, -0.1) is 16.4 Å². The number of thiazole rings is 1. The van der Waals surface area contributed by atoms with Gasteiger partial charge in [0.25, 0.3) is 11.9 Å². The van der Waals surface area contributed by atoms with Crippen molar-refractivity contribution < 1.29 is 9.59 Å². The Morgan fingerprint density at radius 3 is 2.92 bits per heavy atom. The minimum Gasteiger partial charge on any atom is -0.288 e. The summed E-state index contributed by atoms with van der Waals surface area (Å²) in [4.78, 5) is 28.2. The molecular weight excluding hydrogens is 399 g/mol. The molecule has 3 heterocycles. The molecule has 132 valence electrons. The number of hydrogen-bond donors (Lipinski definition) is 2. The van der Waals surface area contributed by atoms with Crippen molar-refractivity contribution >= 4 is 63.0 Å². The molecule has 1 aliphatic heterocycles. The lowest BCUT2D eigenvalue weighted by Gasteiger charge is -2.10. The summed E-state index contributed by atoms with van der Waals surface area (Å²) in [5, 5.41) is 13.6. The van der Waals surface area contributed by atoms with Crippen LogP contribution >= 0.6 is 34.5 Å². The number of benzene rings is 1. The molecule has 2 amide bonds.